The summed E-state index contributed by atoms with van der Waals surface area (Å²) in [6.45, 7) is -0.292. The number of ether oxygens (including phenoxy) is 3. The van der Waals surface area contributed by atoms with E-state index in [1.54, 1.807) is 36.4 Å². The third-order valence-corrected chi connectivity index (χ3v) is 5.56. The highest BCUT2D eigenvalue weighted by Gasteiger charge is 2.45. The van der Waals surface area contributed by atoms with Crippen molar-refractivity contribution in [2.24, 2.45) is 0 Å². The Hall–Kier alpha value is -3.99. The number of thiocarbonyl (C=S) groups is 1. The Kier molecular flexibility index (Phi) is 7.79. The van der Waals surface area contributed by atoms with E-state index in [0.29, 0.717) is 22.7 Å². The largest absolute Gasteiger partial charge is 0.497 e. The Morgan fingerprint density at radius 1 is 0.971 bits per heavy atom. The molecule has 0 bridgehead atoms. The second-order valence-electron chi connectivity index (χ2n) is 7.20. The van der Waals surface area contributed by atoms with Crippen LogP contribution in [0.4, 0.5) is 11.4 Å². The van der Waals surface area contributed by atoms with E-state index in [-0.39, 0.29) is 18.1 Å². The molecule has 2 aromatic rings. The van der Waals surface area contributed by atoms with E-state index < -0.39 is 29.8 Å². The van der Waals surface area contributed by atoms with Gasteiger partial charge in [-0.15, -0.1) is 0 Å². The summed E-state index contributed by atoms with van der Waals surface area (Å²) < 4.78 is 14.5. The Labute approximate surface area is 201 Å². The van der Waals surface area contributed by atoms with Crippen LogP contribution in [0.2, 0.25) is 0 Å². The van der Waals surface area contributed by atoms with E-state index in [1.165, 1.54) is 43.3 Å². The number of hydrogen-bond acceptors (Lipinski definition) is 8. The average Bonchev–Trinajstić information content (AvgIpc) is 3.07. The fourth-order valence-corrected chi connectivity index (χ4v) is 3.77. The first-order chi connectivity index (χ1) is 16.3. The van der Waals surface area contributed by atoms with E-state index in [0.717, 1.165) is 0 Å². The van der Waals surface area contributed by atoms with Gasteiger partial charge in [0.1, 0.15) is 18.3 Å². The van der Waals surface area contributed by atoms with Crippen LogP contribution in [0.15, 0.2) is 48.5 Å². The van der Waals surface area contributed by atoms with Crippen LogP contribution in [0.1, 0.15) is 16.8 Å². The Morgan fingerprint density at radius 3 is 2.18 bits per heavy atom. The lowest BCUT2D eigenvalue weighted by molar-refractivity contribution is -0.141. The van der Waals surface area contributed by atoms with Crippen molar-refractivity contribution in [3.05, 3.63) is 54.1 Å². The predicted molar refractivity (Wildman–Crippen MR) is 127 cm³/mol. The molecule has 0 saturated carbocycles. The normalized spacial score (nSPS) is 15.2. The van der Waals surface area contributed by atoms with Crippen molar-refractivity contribution in [3.8, 4) is 5.75 Å². The first-order valence-corrected chi connectivity index (χ1v) is 10.5. The summed E-state index contributed by atoms with van der Waals surface area (Å²) in [6.07, 6.45) is -0.263. The molecule has 0 aliphatic carbocycles. The molecule has 0 aromatic heterocycles. The van der Waals surface area contributed by atoms with Crippen LogP contribution in [0.25, 0.3) is 0 Å². The molecule has 3 rings (SSSR count). The number of rotatable bonds is 8. The number of methoxy groups -OCH3 is 3. The smallest absolute Gasteiger partial charge is 0.337 e. The van der Waals surface area contributed by atoms with E-state index in [4.69, 9.17) is 21.7 Å². The minimum atomic E-state index is -1.01. The molecule has 10 nitrogen and oxygen atoms in total. The molecule has 1 aliphatic rings. The Morgan fingerprint density at radius 2 is 1.62 bits per heavy atom. The summed E-state index contributed by atoms with van der Waals surface area (Å²) in [5, 5.41) is 2.77. The minimum Gasteiger partial charge on any atom is -0.497 e. The van der Waals surface area contributed by atoms with E-state index in [2.05, 4.69) is 10.1 Å². The van der Waals surface area contributed by atoms with Crippen LogP contribution in [0.3, 0.4) is 0 Å². The van der Waals surface area contributed by atoms with Crippen molar-refractivity contribution >= 4 is 52.5 Å². The summed E-state index contributed by atoms with van der Waals surface area (Å²) in [5.74, 6) is -1.42. The number of carbonyl (C=O) groups excluding carboxylic acids is 4. The van der Waals surface area contributed by atoms with Crippen LogP contribution >= 0.6 is 12.2 Å². The van der Waals surface area contributed by atoms with Crippen molar-refractivity contribution < 1.29 is 33.4 Å². The van der Waals surface area contributed by atoms with Crippen LogP contribution < -0.4 is 15.0 Å². The maximum Gasteiger partial charge on any atom is 0.337 e. The van der Waals surface area contributed by atoms with Crippen LogP contribution in [-0.4, -0.2) is 67.7 Å². The van der Waals surface area contributed by atoms with E-state index >= 15 is 0 Å². The number of nitrogens with zero attached hydrogens (tertiary/aromatic N) is 2. The molecule has 1 fully saturated rings. The lowest BCUT2D eigenvalue weighted by Crippen LogP contribution is -2.41. The second kappa shape index (κ2) is 10.8. The zero-order valence-electron chi connectivity index (χ0n) is 18.8. The van der Waals surface area contributed by atoms with Crippen molar-refractivity contribution in [2.45, 2.75) is 12.5 Å². The monoisotopic (exact) mass is 485 g/mol. The second-order valence-corrected chi connectivity index (χ2v) is 7.56. The third-order valence-electron chi connectivity index (χ3n) is 5.14. The molecule has 2 amide bonds. The minimum absolute atomic E-state index is 0.0841. The number of nitrogens with one attached hydrogen (secondary N) is 1. The van der Waals surface area contributed by atoms with Gasteiger partial charge in [-0.1, -0.05) is 0 Å². The fraction of sp³-hybridized carbons (Fsp3) is 0.261. The molecule has 178 valence electrons. The third kappa shape index (κ3) is 5.31. The molecule has 0 unspecified atom stereocenters. The molecule has 1 aliphatic heterocycles. The molecule has 1 saturated heterocycles. The molecule has 11 heteroatoms. The maximum absolute atomic E-state index is 13.3. The lowest BCUT2D eigenvalue weighted by atomic mass is 10.1. The van der Waals surface area contributed by atoms with Gasteiger partial charge in [-0.3, -0.25) is 19.3 Å². The number of hydrogen-bond donors (Lipinski definition) is 1. The van der Waals surface area contributed by atoms with E-state index in [1.807, 2.05) is 0 Å². The number of esters is 2. The first-order valence-electron chi connectivity index (χ1n) is 10.1. The molecule has 34 heavy (non-hydrogen) atoms. The molecule has 2 aromatic carbocycles. The highest BCUT2D eigenvalue weighted by Crippen LogP contribution is 2.29. The highest BCUT2D eigenvalue weighted by atomic mass is 32.1. The van der Waals surface area contributed by atoms with Gasteiger partial charge in [0.25, 0.3) is 5.91 Å². The van der Waals surface area contributed by atoms with Gasteiger partial charge in [0.15, 0.2) is 5.11 Å². The van der Waals surface area contributed by atoms with Crippen molar-refractivity contribution in [1.82, 2.24) is 4.90 Å². The van der Waals surface area contributed by atoms with Gasteiger partial charge in [-0.05, 0) is 60.7 Å². The van der Waals surface area contributed by atoms with Gasteiger partial charge in [0, 0.05) is 5.69 Å². The standard InChI is InChI=1S/C23H23N3O7S/c1-31-17-10-8-16(9-11-17)26-21(29)18(25(23(26)34)13-20(28)32-2)12-19(27)24-15-6-4-14(5-7-15)22(30)33-3/h4-11,18H,12-13H2,1-3H3,(H,24,27)/t18-/m0/s1. The fourth-order valence-electron chi connectivity index (χ4n) is 3.38. The molecular weight excluding hydrogens is 462 g/mol. The van der Waals surface area contributed by atoms with Gasteiger partial charge in [-0.25, -0.2) is 4.79 Å². The SMILES string of the molecule is COC(=O)CN1C(=S)N(c2ccc(OC)cc2)C(=O)[C@@H]1CC(=O)Nc1ccc(C(=O)OC)cc1. The molecular formula is C23H23N3O7S. The number of carbonyl (C=O) groups is 4. The average molecular weight is 486 g/mol. The van der Waals surface area contributed by atoms with Crippen LogP contribution in [-0.2, 0) is 23.9 Å². The Bertz CT molecular complexity index is 1100. The highest BCUT2D eigenvalue weighted by molar-refractivity contribution is 7.80. The van der Waals surface area contributed by atoms with E-state index in [9.17, 15) is 19.2 Å². The number of anilines is 2. The Balaban J connectivity index is 1.79. The maximum atomic E-state index is 13.3. The van der Waals surface area contributed by atoms with Crippen LogP contribution in [0.5, 0.6) is 5.75 Å². The zero-order chi connectivity index (χ0) is 24.8. The first kappa shape index (κ1) is 24.6. The predicted octanol–water partition coefficient (Wildman–Crippen LogP) is 1.99. The topological polar surface area (TPSA) is 114 Å². The summed E-state index contributed by atoms with van der Waals surface area (Å²) >= 11 is 5.47. The summed E-state index contributed by atoms with van der Waals surface area (Å²) in [5.41, 5.74) is 1.24. The lowest BCUT2D eigenvalue weighted by Gasteiger charge is -2.22. The van der Waals surface area contributed by atoms with Crippen molar-refractivity contribution in [2.75, 3.05) is 38.1 Å². The van der Waals surface area contributed by atoms with Gasteiger partial charge in [0.05, 0.1) is 39.0 Å². The quantitative estimate of drug-likeness (QED) is 0.443. The van der Waals surface area contributed by atoms with Gasteiger partial charge < -0.3 is 24.4 Å². The number of amides is 2. The van der Waals surface area contributed by atoms with Crippen molar-refractivity contribution in [3.63, 3.8) is 0 Å². The van der Waals surface area contributed by atoms with Gasteiger partial charge in [0.2, 0.25) is 5.91 Å². The van der Waals surface area contributed by atoms with Crippen molar-refractivity contribution in [1.29, 1.82) is 0 Å². The number of benzene rings is 2. The molecule has 1 heterocycles. The molecule has 1 N–H and O–H groups in total. The molecule has 0 radical (unpaired) electrons. The van der Waals surface area contributed by atoms with Crippen LogP contribution in [0, 0.1) is 0 Å². The summed E-state index contributed by atoms with van der Waals surface area (Å²) in [4.78, 5) is 52.2. The zero-order valence-corrected chi connectivity index (χ0v) is 19.6. The summed E-state index contributed by atoms with van der Waals surface area (Å²) in [6, 6.07) is 11.8. The molecule has 1 atom stereocenters. The summed E-state index contributed by atoms with van der Waals surface area (Å²) in [7, 11) is 4.02. The van der Waals surface area contributed by atoms with Gasteiger partial charge in [-0.2, -0.15) is 0 Å². The molecule has 0 spiro atoms. The van der Waals surface area contributed by atoms with Gasteiger partial charge >= 0.3 is 11.9 Å².